The molecule has 0 aliphatic rings. The second-order valence-corrected chi connectivity index (χ2v) is 3.14. The molecule has 0 amide bonds. The van der Waals surface area contributed by atoms with Crippen molar-refractivity contribution in [1.82, 2.24) is 0 Å². The van der Waals surface area contributed by atoms with E-state index in [9.17, 15) is 26.7 Å². The van der Waals surface area contributed by atoms with Crippen LogP contribution in [0.5, 0.6) is 0 Å². The van der Waals surface area contributed by atoms with Gasteiger partial charge in [0.25, 0.3) is 0 Å². The molecule has 6 heteroatoms. The molecule has 16 heavy (non-hydrogen) atoms. The third kappa shape index (κ3) is 2.37. The molecule has 0 saturated carbocycles. The van der Waals surface area contributed by atoms with Crippen LogP contribution in [0.4, 0.5) is 22.0 Å². The predicted molar refractivity (Wildman–Crippen MR) is 46.5 cm³/mol. The summed E-state index contributed by atoms with van der Waals surface area (Å²) in [6.45, 7) is 0.998. The van der Waals surface area contributed by atoms with Gasteiger partial charge < -0.3 is 0 Å². The maximum absolute atomic E-state index is 12.4. The van der Waals surface area contributed by atoms with Crippen LogP contribution in [-0.4, -0.2) is 12.2 Å². The van der Waals surface area contributed by atoms with Crippen LogP contribution in [0.1, 0.15) is 21.5 Å². The quantitative estimate of drug-likeness (QED) is 0.569. The maximum atomic E-state index is 12.4. The zero-order valence-corrected chi connectivity index (χ0v) is 8.11. The van der Waals surface area contributed by atoms with Crippen molar-refractivity contribution in [3.8, 4) is 0 Å². The summed E-state index contributed by atoms with van der Waals surface area (Å²) in [6.07, 6.45) is -7.95. The van der Waals surface area contributed by atoms with Crippen LogP contribution in [0.2, 0.25) is 0 Å². The fourth-order valence-electron chi connectivity index (χ4n) is 1.33. The number of benzene rings is 1. The summed E-state index contributed by atoms with van der Waals surface area (Å²) in [7, 11) is 0. The second kappa shape index (κ2) is 4.19. The molecule has 0 saturated heterocycles. The third-order valence-electron chi connectivity index (χ3n) is 2.10. The molecule has 1 aromatic carbocycles. The Labute approximate surface area is 87.9 Å². The number of ketones is 1. The van der Waals surface area contributed by atoms with Gasteiger partial charge in [0.15, 0.2) is 0 Å². The molecule has 0 atom stereocenters. The summed E-state index contributed by atoms with van der Waals surface area (Å²) in [5.41, 5.74) is -2.14. The summed E-state index contributed by atoms with van der Waals surface area (Å²) in [6, 6.07) is 2.64. The molecule has 0 heterocycles. The molecule has 1 rings (SSSR count). The Hall–Kier alpha value is -1.46. The van der Waals surface area contributed by atoms with Crippen LogP contribution in [0, 0.1) is 6.92 Å². The van der Waals surface area contributed by atoms with Crippen molar-refractivity contribution in [1.29, 1.82) is 0 Å². The van der Waals surface area contributed by atoms with Crippen molar-refractivity contribution in [3.63, 3.8) is 0 Å². The van der Waals surface area contributed by atoms with E-state index in [0.717, 1.165) is 25.1 Å². The first-order valence-corrected chi connectivity index (χ1v) is 4.24. The molecule has 0 spiro atoms. The Bertz CT molecular complexity index is 408. The Morgan fingerprint density at radius 1 is 1.25 bits per heavy atom. The highest BCUT2D eigenvalue weighted by molar-refractivity contribution is 5.99. The number of alkyl halides is 5. The van der Waals surface area contributed by atoms with Gasteiger partial charge in [-0.15, -0.1) is 0 Å². The summed E-state index contributed by atoms with van der Waals surface area (Å²) in [5, 5.41) is 0. The van der Waals surface area contributed by atoms with Crippen LogP contribution in [0.3, 0.4) is 0 Å². The van der Waals surface area contributed by atoms with Crippen molar-refractivity contribution < 1.29 is 26.7 Å². The lowest BCUT2D eigenvalue weighted by molar-refractivity contribution is -0.138. The monoisotopic (exact) mass is 238 g/mol. The van der Waals surface area contributed by atoms with Gasteiger partial charge in [0.05, 0.1) is 5.56 Å². The van der Waals surface area contributed by atoms with E-state index in [-0.39, 0.29) is 0 Å². The molecule has 88 valence electrons. The molecule has 0 N–H and O–H groups in total. The minimum Gasteiger partial charge on any atom is -0.288 e. The normalized spacial score (nSPS) is 11.9. The molecule has 0 aromatic heterocycles. The van der Waals surface area contributed by atoms with Crippen LogP contribution in [-0.2, 0) is 6.18 Å². The van der Waals surface area contributed by atoms with Gasteiger partial charge in [0.2, 0.25) is 5.78 Å². The SMILES string of the molecule is Cc1c(C(=O)C(F)F)cccc1C(F)(F)F. The van der Waals surface area contributed by atoms with Crippen molar-refractivity contribution in [2.45, 2.75) is 19.5 Å². The van der Waals surface area contributed by atoms with Gasteiger partial charge in [-0.2, -0.15) is 13.2 Å². The molecular weight excluding hydrogens is 231 g/mol. The highest BCUT2D eigenvalue weighted by Gasteiger charge is 2.34. The van der Waals surface area contributed by atoms with Crippen LogP contribution < -0.4 is 0 Å². The number of rotatable bonds is 2. The fraction of sp³-hybridized carbons (Fsp3) is 0.300. The molecule has 0 aliphatic carbocycles. The Kier molecular flexibility index (Phi) is 3.30. The number of halogens is 5. The van der Waals surface area contributed by atoms with E-state index in [1.807, 2.05) is 0 Å². The van der Waals surface area contributed by atoms with Gasteiger partial charge in [0.1, 0.15) is 0 Å². The lowest BCUT2D eigenvalue weighted by Gasteiger charge is -2.12. The predicted octanol–water partition coefficient (Wildman–Crippen LogP) is 3.46. The average molecular weight is 238 g/mol. The molecule has 0 unspecified atom stereocenters. The zero-order valence-electron chi connectivity index (χ0n) is 8.11. The fourth-order valence-corrected chi connectivity index (χ4v) is 1.33. The van der Waals surface area contributed by atoms with Crippen LogP contribution in [0.25, 0.3) is 0 Å². The largest absolute Gasteiger partial charge is 0.416 e. The average Bonchev–Trinajstić information content (AvgIpc) is 2.15. The highest BCUT2D eigenvalue weighted by atomic mass is 19.4. The summed E-state index contributed by atoms with van der Waals surface area (Å²) in [4.78, 5) is 10.9. The van der Waals surface area contributed by atoms with Gasteiger partial charge in [-0.1, -0.05) is 12.1 Å². The molecule has 0 fully saturated rings. The van der Waals surface area contributed by atoms with Crippen molar-refractivity contribution in [2.75, 3.05) is 0 Å². The van der Waals surface area contributed by atoms with E-state index in [0.29, 0.717) is 0 Å². The number of hydrogen-bond acceptors (Lipinski definition) is 1. The zero-order chi connectivity index (χ0) is 12.5. The van der Waals surface area contributed by atoms with Crippen molar-refractivity contribution in [3.05, 3.63) is 34.9 Å². The first kappa shape index (κ1) is 12.6. The first-order valence-electron chi connectivity index (χ1n) is 4.24. The number of hydrogen-bond donors (Lipinski definition) is 0. The van der Waals surface area contributed by atoms with E-state index in [4.69, 9.17) is 0 Å². The van der Waals surface area contributed by atoms with Crippen LogP contribution >= 0.6 is 0 Å². The smallest absolute Gasteiger partial charge is 0.288 e. The van der Waals surface area contributed by atoms with Gasteiger partial charge >= 0.3 is 12.6 Å². The summed E-state index contributed by atoms with van der Waals surface area (Å²) >= 11 is 0. The molecule has 1 aromatic rings. The van der Waals surface area contributed by atoms with E-state index in [1.54, 1.807) is 0 Å². The van der Waals surface area contributed by atoms with Gasteiger partial charge in [0, 0.05) is 5.56 Å². The number of Topliss-reactive ketones (excluding diaryl/α,β-unsaturated/α-hetero) is 1. The highest BCUT2D eigenvalue weighted by Crippen LogP contribution is 2.33. The summed E-state index contributed by atoms with van der Waals surface area (Å²) in [5.74, 6) is -1.59. The topological polar surface area (TPSA) is 17.1 Å². The molecule has 0 radical (unpaired) electrons. The molecule has 0 aliphatic heterocycles. The third-order valence-corrected chi connectivity index (χ3v) is 2.10. The number of carbonyl (C=O) groups is 1. The first-order chi connectivity index (χ1) is 7.25. The second-order valence-electron chi connectivity index (χ2n) is 3.14. The van der Waals surface area contributed by atoms with Gasteiger partial charge in [-0.05, 0) is 18.6 Å². The minimum absolute atomic E-state index is 0.472. The Morgan fingerprint density at radius 3 is 2.25 bits per heavy atom. The molecular formula is C10H7F5O. The Morgan fingerprint density at radius 2 is 1.81 bits per heavy atom. The van der Waals surface area contributed by atoms with E-state index in [2.05, 4.69) is 0 Å². The van der Waals surface area contributed by atoms with E-state index in [1.165, 1.54) is 0 Å². The van der Waals surface area contributed by atoms with Crippen LogP contribution in [0.15, 0.2) is 18.2 Å². The lowest BCUT2D eigenvalue weighted by atomic mass is 9.99. The van der Waals surface area contributed by atoms with Gasteiger partial charge in [-0.25, -0.2) is 8.78 Å². The molecule has 0 bridgehead atoms. The lowest BCUT2D eigenvalue weighted by Crippen LogP contribution is -2.15. The summed E-state index contributed by atoms with van der Waals surface area (Å²) < 4.78 is 61.4. The van der Waals surface area contributed by atoms with Gasteiger partial charge in [-0.3, -0.25) is 4.79 Å². The van der Waals surface area contributed by atoms with E-state index < -0.39 is 35.1 Å². The minimum atomic E-state index is -4.65. The van der Waals surface area contributed by atoms with Crippen molar-refractivity contribution in [2.24, 2.45) is 0 Å². The standard InChI is InChI=1S/C10H7F5O/c1-5-6(8(16)9(11)12)3-2-4-7(5)10(13,14)15/h2-4,9H,1H3. The maximum Gasteiger partial charge on any atom is 0.416 e. The van der Waals surface area contributed by atoms with Crippen molar-refractivity contribution >= 4 is 5.78 Å². The van der Waals surface area contributed by atoms with E-state index >= 15 is 0 Å². The Balaban J connectivity index is 3.30. The molecule has 1 nitrogen and oxygen atoms in total. The number of carbonyl (C=O) groups excluding carboxylic acids is 1.